The number of hydrogen-bond donors (Lipinski definition) is 2. The van der Waals surface area contributed by atoms with Crippen molar-refractivity contribution in [3.63, 3.8) is 0 Å². The third-order valence-electron chi connectivity index (χ3n) is 3.33. The lowest BCUT2D eigenvalue weighted by atomic mass is 9.95. The molecule has 0 aliphatic rings. The van der Waals surface area contributed by atoms with Crippen LogP contribution in [0.2, 0.25) is 0 Å². The van der Waals surface area contributed by atoms with Gasteiger partial charge in [0.2, 0.25) is 0 Å². The van der Waals surface area contributed by atoms with Crippen LogP contribution in [0.5, 0.6) is 0 Å². The lowest BCUT2D eigenvalue weighted by Gasteiger charge is -2.17. The molecule has 0 atom stereocenters. The molecular formula is C13H19NO2S. The van der Waals surface area contributed by atoms with E-state index in [0.717, 1.165) is 4.90 Å². The molecule has 1 rings (SSSR count). The third-order valence-corrected chi connectivity index (χ3v) is 4.43. The van der Waals surface area contributed by atoms with Crippen molar-refractivity contribution in [2.75, 3.05) is 6.54 Å². The fourth-order valence-corrected chi connectivity index (χ4v) is 2.74. The van der Waals surface area contributed by atoms with Crippen molar-refractivity contribution in [2.45, 2.75) is 39.5 Å². The lowest BCUT2D eigenvalue weighted by Crippen LogP contribution is -2.16. The van der Waals surface area contributed by atoms with E-state index in [-0.39, 0.29) is 6.54 Å². The van der Waals surface area contributed by atoms with E-state index in [0.29, 0.717) is 0 Å². The van der Waals surface area contributed by atoms with E-state index < -0.39 is 5.97 Å². The van der Waals surface area contributed by atoms with E-state index in [9.17, 15) is 4.79 Å². The summed E-state index contributed by atoms with van der Waals surface area (Å²) in [7, 11) is 0. The Balaban J connectivity index is 3.03. The highest BCUT2D eigenvalue weighted by molar-refractivity contribution is 7.97. The Hall–Kier alpha value is -1.00. The summed E-state index contributed by atoms with van der Waals surface area (Å²) in [4.78, 5) is 11.6. The largest absolute Gasteiger partial charge is 0.480 e. The van der Waals surface area contributed by atoms with Gasteiger partial charge >= 0.3 is 5.97 Å². The zero-order chi connectivity index (χ0) is 13.2. The van der Waals surface area contributed by atoms with E-state index in [2.05, 4.69) is 39.3 Å². The van der Waals surface area contributed by atoms with E-state index in [1.54, 1.807) is 0 Å². The second-order valence-electron chi connectivity index (χ2n) is 4.27. The number of carboxylic acids is 1. The van der Waals surface area contributed by atoms with Crippen LogP contribution in [-0.4, -0.2) is 17.6 Å². The smallest absolute Gasteiger partial charge is 0.318 e. The van der Waals surface area contributed by atoms with Gasteiger partial charge in [0.15, 0.2) is 0 Å². The van der Waals surface area contributed by atoms with Crippen LogP contribution in [0.4, 0.5) is 0 Å². The zero-order valence-electron chi connectivity index (χ0n) is 11.0. The number of hydrogen-bond acceptors (Lipinski definition) is 3. The monoisotopic (exact) mass is 253 g/mol. The summed E-state index contributed by atoms with van der Waals surface area (Å²) in [6.07, 6.45) is 0. The molecule has 94 valence electrons. The number of carboxylic acid groups (broad SMARTS) is 1. The number of rotatable bonds is 4. The first-order chi connectivity index (χ1) is 7.86. The van der Waals surface area contributed by atoms with Gasteiger partial charge in [0.05, 0.1) is 0 Å². The molecule has 1 aromatic carbocycles. The molecule has 0 amide bonds. The number of aliphatic carboxylic acids is 1. The summed E-state index contributed by atoms with van der Waals surface area (Å²) < 4.78 is 2.87. The van der Waals surface area contributed by atoms with Gasteiger partial charge in [-0.05, 0) is 74.4 Å². The van der Waals surface area contributed by atoms with E-state index >= 15 is 0 Å². The maximum atomic E-state index is 10.5. The summed E-state index contributed by atoms with van der Waals surface area (Å²) in [6, 6.07) is 0. The molecule has 0 bridgehead atoms. The predicted octanol–water partition coefficient (Wildman–Crippen LogP) is 2.91. The van der Waals surface area contributed by atoms with Gasteiger partial charge in [-0.1, -0.05) is 0 Å². The Morgan fingerprint density at radius 1 is 1.00 bits per heavy atom. The van der Waals surface area contributed by atoms with Crippen molar-refractivity contribution in [1.29, 1.82) is 0 Å². The minimum Gasteiger partial charge on any atom is -0.480 e. The molecule has 3 nitrogen and oxygen atoms in total. The van der Waals surface area contributed by atoms with Crippen molar-refractivity contribution in [2.24, 2.45) is 0 Å². The quantitative estimate of drug-likeness (QED) is 0.810. The van der Waals surface area contributed by atoms with Gasteiger partial charge in [-0.25, -0.2) is 4.72 Å². The standard InChI is InChI=1S/C13H19NO2S/c1-7-8(2)10(4)13(11(5)9(7)3)17-14-6-12(15)16/h14H,6H2,1-5H3,(H,15,16). The highest BCUT2D eigenvalue weighted by Gasteiger charge is 2.12. The molecular weight excluding hydrogens is 234 g/mol. The topological polar surface area (TPSA) is 49.3 Å². The van der Waals surface area contributed by atoms with Gasteiger partial charge in [0.25, 0.3) is 0 Å². The van der Waals surface area contributed by atoms with Crippen molar-refractivity contribution in [3.8, 4) is 0 Å². The maximum Gasteiger partial charge on any atom is 0.318 e. The predicted molar refractivity (Wildman–Crippen MR) is 71.6 cm³/mol. The second-order valence-corrected chi connectivity index (χ2v) is 5.17. The molecule has 2 N–H and O–H groups in total. The molecule has 0 aliphatic carbocycles. The van der Waals surface area contributed by atoms with Gasteiger partial charge in [0, 0.05) is 4.90 Å². The molecule has 4 heteroatoms. The van der Waals surface area contributed by atoms with Crippen LogP contribution < -0.4 is 4.72 Å². The van der Waals surface area contributed by atoms with E-state index in [1.807, 2.05) is 0 Å². The Labute approximate surface area is 107 Å². The molecule has 0 fully saturated rings. The average Bonchev–Trinajstić information content (AvgIpc) is 2.28. The van der Waals surface area contributed by atoms with Gasteiger partial charge in [-0.3, -0.25) is 4.79 Å². The van der Waals surface area contributed by atoms with Gasteiger partial charge in [-0.2, -0.15) is 0 Å². The molecule has 0 unspecified atom stereocenters. The normalized spacial score (nSPS) is 10.6. The summed E-state index contributed by atoms with van der Waals surface area (Å²) >= 11 is 1.41. The molecule has 0 spiro atoms. The van der Waals surface area contributed by atoms with Crippen LogP contribution in [-0.2, 0) is 4.79 Å². The highest BCUT2D eigenvalue weighted by Crippen LogP contribution is 2.31. The van der Waals surface area contributed by atoms with Crippen molar-refractivity contribution >= 4 is 17.9 Å². The van der Waals surface area contributed by atoms with Crippen LogP contribution in [0, 0.1) is 34.6 Å². The minimum absolute atomic E-state index is 0.0322. The zero-order valence-corrected chi connectivity index (χ0v) is 11.8. The third kappa shape index (κ3) is 3.01. The minimum atomic E-state index is -0.839. The van der Waals surface area contributed by atoms with Crippen LogP contribution in [0.15, 0.2) is 4.90 Å². The Bertz CT molecular complexity index is 426. The van der Waals surface area contributed by atoms with Crippen LogP contribution in [0.25, 0.3) is 0 Å². The van der Waals surface area contributed by atoms with E-state index in [4.69, 9.17) is 5.11 Å². The molecule has 1 aromatic rings. The van der Waals surface area contributed by atoms with Gasteiger partial charge in [0.1, 0.15) is 6.54 Å². The molecule has 0 radical (unpaired) electrons. The number of nitrogens with one attached hydrogen (secondary N) is 1. The second kappa shape index (κ2) is 5.56. The molecule has 0 aliphatic heterocycles. The summed E-state index contributed by atoms with van der Waals surface area (Å²) in [6.45, 7) is 10.5. The van der Waals surface area contributed by atoms with E-state index in [1.165, 1.54) is 39.8 Å². The fourth-order valence-electron chi connectivity index (χ4n) is 1.79. The number of carbonyl (C=O) groups is 1. The average molecular weight is 253 g/mol. The first kappa shape index (κ1) is 14.1. The van der Waals surface area contributed by atoms with Crippen molar-refractivity contribution < 1.29 is 9.90 Å². The Morgan fingerprint density at radius 2 is 1.41 bits per heavy atom. The molecule has 0 heterocycles. The Kier molecular flexibility index (Phi) is 4.60. The van der Waals surface area contributed by atoms with Gasteiger partial charge < -0.3 is 5.11 Å². The molecule has 0 saturated heterocycles. The molecule has 17 heavy (non-hydrogen) atoms. The summed E-state index contributed by atoms with van der Waals surface area (Å²) in [5, 5.41) is 8.61. The summed E-state index contributed by atoms with van der Waals surface area (Å²) in [5.41, 5.74) is 6.35. The highest BCUT2D eigenvalue weighted by atomic mass is 32.2. The maximum absolute atomic E-state index is 10.5. The number of benzene rings is 1. The Morgan fingerprint density at radius 3 is 1.82 bits per heavy atom. The lowest BCUT2D eigenvalue weighted by molar-refractivity contribution is -0.135. The fraction of sp³-hybridized carbons (Fsp3) is 0.462. The first-order valence-corrected chi connectivity index (χ1v) is 6.36. The molecule has 0 saturated carbocycles. The summed E-state index contributed by atoms with van der Waals surface area (Å²) in [5.74, 6) is -0.839. The SMILES string of the molecule is Cc1c(C)c(C)c(SNCC(=O)O)c(C)c1C. The molecule has 0 aromatic heterocycles. The van der Waals surface area contributed by atoms with Crippen LogP contribution in [0.3, 0.4) is 0 Å². The van der Waals surface area contributed by atoms with Crippen molar-refractivity contribution in [1.82, 2.24) is 4.72 Å². The van der Waals surface area contributed by atoms with Crippen LogP contribution >= 0.6 is 11.9 Å². The van der Waals surface area contributed by atoms with Gasteiger partial charge in [-0.15, -0.1) is 0 Å². The van der Waals surface area contributed by atoms with Crippen LogP contribution in [0.1, 0.15) is 27.8 Å². The van der Waals surface area contributed by atoms with Crippen molar-refractivity contribution in [3.05, 3.63) is 27.8 Å². The first-order valence-electron chi connectivity index (χ1n) is 5.54.